The van der Waals surface area contributed by atoms with Gasteiger partial charge in [-0.3, -0.25) is 0 Å². The van der Waals surface area contributed by atoms with Gasteiger partial charge in [0.05, 0.1) is 4.90 Å². The number of hydrogen-bond acceptors (Lipinski definition) is 6. The second-order valence-electron chi connectivity index (χ2n) is 7.17. The van der Waals surface area contributed by atoms with Crippen LogP contribution in [0.4, 0.5) is 11.6 Å². The molecule has 0 unspecified atom stereocenters. The molecule has 0 saturated carbocycles. The molecule has 28 heavy (non-hydrogen) atoms. The van der Waals surface area contributed by atoms with Crippen molar-refractivity contribution in [3.8, 4) is 0 Å². The van der Waals surface area contributed by atoms with E-state index in [0.717, 1.165) is 35.0 Å². The van der Waals surface area contributed by atoms with Crippen LogP contribution in [0.3, 0.4) is 0 Å². The molecule has 2 fully saturated rings. The first-order chi connectivity index (χ1) is 13.4. The zero-order valence-corrected chi connectivity index (χ0v) is 18.3. The van der Waals surface area contributed by atoms with Crippen LogP contribution >= 0.6 is 15.9 Å². The van der Waals surface area contributed by atoms with E-state index in [1.54, 1.807) is 28.6 Å². The zero-order chi connectivity index (χ0) is 19.7. The third kappa shape index (κ3) is 4.01. The molecule has 0 atom stereocenters. The predicted molar refractivity (Wildman–Crippen MR) is 113 cm³/mol. The van der Waals surface area contributed by atoms with Gasteiger partial charge < -0.3 is 9.80 Å². The number of benzene rings is 1. The third-order valence-electron chi connectivity index (χ3n) is 5.26. The second kappa shape index (κ2) is 7.96. The summed E-state index contributed by atoms with van der Waals surface area (Å²) in [6.45, 7) is 6.11. The van der Waals surface area contributed by atoms with Crippen molar-refractivity contribution in [2.75, 3.05) is 49.1 Å². The smallest absolute Gasteiger partial charge is 0.243 e. The molecule has 7 nitrogen and oxygen atoms in total. The summed E-state index contributed by atoms with van der Waals surface area (Å²) in [5, 5.41) is 0. The van der Waals surface area contributed by atoms with Crippen molar-refractivity contribution in [2.45, 2.75) is 24.7 Å². The maximum Gasteiger partial charge on any atom is 0.243 e. The highest BCUT2D eigenvalue weighted by Crippen LogP contribution is 2.25. The van der Waals surface area contributed by atoms with E-state index in [-0.39, 0.29) is 0 Å². The molecule has 2 aromatic rings. The van der Waals surface area contributed by atoms with Crippen molar-refractivity contribution >= 4 is 37.6 Å². The van der Waals surface area contributed by atoms with Crippen molar-refractivity contribution in [3.05, 3.63) is 40.6 Å². The van der Waals surface area contributed by atoms with Gasteiger partial charge in [0, 0.05) is 49.8 Å². The van der Waals surface area contributed by atoms with E-state index in [1.807, 2.05) is 13.0 Å². The molecule has 0 amide bonds. The molecule has 2 saturated heterocycles. The van der Waals surface area contributed by atoms with Gasteiger partial charge in [-0.25, -0.2) is 18.4 Å². The Morgan fingerprint density at radius 2 is 1.39 bits per heavy atom. The molecular weight excluding hydrogens is 442 g/mol. The molecule has 3 heterocycles. The second-order valence-corrected chi connectivity index (χ2v) is 10.0. The number of anilines is 2. The summed E-state index contributed by atoms with van der Waals surface area (Å²) in [5.41, 5.74) is 0. The lowest BCUT2D eigenvalue weighted by molar-refractivity contribution is 0.383. The Bertz CT molecular complexity index is 937. The van der Waals surface area contributed by atoms with E-state index < -0.39 is 10.0 Å². The van der Waals surface area contributed by atoms with Gasteiger partial charge in [0.15, 0.2) is 0 Å². The maximum atomic E-state index is 12.9. The van der Waals surface area contributed by atoms with Gasteiger partial charge >= 0.3 is 0 Å². The summed E-state index contributed by atoms with van der Waals surface area (Å²) in [6.07, 6.45) is 2.40. The van der Waals surface area contributed by atoms with Gasteiger partial charge in [-0.05, 0) is 44.0 Å². The first kappa shape index (κ1) is 19.6. The summed E-state index contributed by atoms with van der Waals surface area (Å²) in [6, 6.07) is 8.83. The molecule has 1 aromatic carbocycles. The Hall–Kier alpha value is -1.71. The number of hydrogen-bond donors (Lipinski definition) is 0. The number of nitrogens with zero attached hydrogens (tertiary/aromatic N) is 5. The molecule has 0 bridgehead atoms. The molecule has 1 aromatic heterocycles. The van der Waals surface area contributed by atoms with Gasteiger partial charge in [-0.1, -0.05) is 15.9 Å². The lowest BCUT2D eigenvalue weighted by Crippen LogP contribution is -2.49. The monoisotopic (exact) mass is 465 g/mol. The Kier molecular flexibility index (Phi) is 5.57. The standard InChI is InChI=1S/C19H24BrN5O2S/c1-15-21-18(23-8-2-3-9-23)14-19(22-15)24-10-12-25(13-11-24)28(26,27)17-6-4-16(20)5-7-17/h4-7,14H,2-3,8-13H2,1H3. The number of piperazine rings is 1. The number of rotatable bonds is 4. The summed E-state index contributed by atoms with van der Waals surface area (Å²) in [4.78, 5) is 14.0. The fourth-order valence-corrected chi connectivity index (χ4v) is 5.41. The number of aromatic nitrogens is 2. The Labute approximate surface area is 174 Å². The minimum Gasteiger partial charge on any atom is -0.356 e. The number of sulfonamides is 1. The average molecular weight is 466 g/mol. The van der Waals surface area contributed by atoms with Crippen molar-refractivity contribution < 1.29 is 8.42 Å². The highest BCUT2D eigenvalue weighted by atomic mass is 79.9. The summed E-state index contributed by atoms with van der Waals surface area (Å²) >= 11 is 3.35. The molecule has 0 spiro atoms. The highest BCUT2D eigenvalue weighted by Gasteiger charge is 2.29. The molecule has 0 radical (unpaired) electrons. The summed E-state index contributed by atoms with van der Waals surface area (Å²) in [7, 11) is -3.47. The van der Waals surface area contributed by atoms with Gasteiger partial charge in [0.25, 0.3) is 0 Å². The van der Waals surface area contributed by atoms with Crippen LogP contribution in [0.1, 0.15) is 18.7 Å². The Balaban J connectivity index is 1.47. The van der Waals surface area contributed by atoms with Gasteiger partial charge in [0.2, 0.25) is 10.0 Å². The van der Waals surface area contributed by atoms with Crippen LogP contribution < -0.4 is 9.80 Å². The maximum absolute atomic E-state index is 12.9. The van der Waals surface area contributed by atoms with Crippen LogP contribution in [-0.4, -0.2) is 62.0 Å². The molecule has 2 aliphatic rings. The fourth-order valence-electron chi connectivity index (χ4n) is 3.72. The quantitative estimate of drug-likeness (QED) is 0.690. The van der Waals surface area contributed by atoms with Crippen molar-refractivity contribution in [1.29, 1.82) is 0 Å². The highest BCUT2D eigenvalue weighted by molar-refractivity contribution is 9.10. The molecule has 0 aliphatic carbocycles. The fraction of sp³-hybridized carbons (Fsp3) is 0.474. The predicted octanol–water partition coefficient (Wildman–Crippen LogP) is 2.66. The minimum absolute atomic E-state index is 0.332. The van der Waals surface area contributed by atoms with Gasteiger partial charge in [-0.2, -0.15) is 4.31 Å². The minimum atomic E-state index is -3.47. The van der Waals surface area contributed by atoms with E-state index in [1.165, 1.54) is 12.8 Å². The average Bonchev–Trinajstić information content (AvgIpc) is 3.23. The normalized spacial score (nSPS) is 18.6. The zero-order valence-electron chi connectivity index (χ0n) is 15.9. The topological polar surface area (TPSA) is 69.6 Å². The van der Waals surface area contributed by atoms with Crippen LogP contribution in [0, 0.1) is 6.92 Å². The van der Waals surface area contributed by atoms with E-state index in [2.05, 4.69) is 35.7 Å². The van der Waals surface area contributed by atoms with Crippen LogP contribution in [0.25, 0.3) is 0 Å². The van der Waals surface area contributed by atoms with Crippen LogP contribution in [0.5, 0.6) is 0 Å². The van der Waals surface area contributed by atoms with Gasteiger partial charge in [-0.15, -0.1) is 0 Å². The number of aryl methyl sites for hydroxylation is 1. The van der Waals surface area contributed by atoms with E-state index in [4.69, 9.17) is 0 Å². The molecule has 0 N–H and O–H groups in total. The van der Waals surface area contributed by atoms with Crippen molar-refractivity contribution in [2.24, 2.45) is 0 Å². The van der Waals surface area contributed by atoms with Crippen LogP contribution in [0.15, 0.2) is 39.7 Å². The van der Waals surface area contributed by atoms with E-state index in [0.29, 0.717) is 31.1 Å². The lowest BCUT2D eigenvalue weighted by Gasteiger charge is -2.35. The molecule has 4 rings (SSSR count). The summed E-state index contributed by atoms with van der Waals surface area (Å²) in [5.74, 6) is 2.62. The molecule has 9 heteroatoms. The largest absolute Gasteiger partial charge is 0.356 e. The van der Waals surface area contributed by atoms with E-state index >= 15 is 0 Å². The van der Waals surface area contributed by atoms with Crippen LogP contribution in [-0.2, 0) is 10.0 Å². The Morgan fingerprint density at radius 1 is 0.857 bits per heavy atom. The third-order valence-corrected chi connectivity index (χ3v) is 7.70. The first-order valence-corrected chi connectivity index (χ1v) is 11.8. The van der Waals surface area contributed by atoms with Crippen molar-refractivity contribution in [3.63, 3.8) is 0 Å². The molecule has 2 aliphatic heterocycles. The molecule has 150 valence electrons. The Morgan fingerprint density at radius 3 is 1.96 bits per heavy atom. The van der Waals surface area contributed by atoms with Crippen LogP contribution in [0.2, 0.25) is 0 Å². The van der Waals surface area contributed by atoms with Gasteiger partial charge in [0.1, 0.15) is 17.5 Å². The lowest BCUT2D eigenvalue weighted by atomic mass is 10.3. The molecular formula is C19H24BrN5O2S. The van der Waals surface area contributed by atoms with Crippen molar-refractivity contribution in [1.82, 2.24) is 14.3 Å². The SMILES string of the molecule is Cc1nc(N2CCCC2)cc(N2CCN(S(=O)(=O)c3ccc(Br)cc3)CC2)n1. The summed E-state index contributed by atoms with van der Waals surface area (Å²) < 4.78 is 28.2. The van der Waals surface area contributed by atoms with E-state index in [9.17, 15) is 8.42 Å². The number of halogens is 1. The first-order valence-electron chi connectivity index (χ1n) is 9.55.